The van der Waals surface area contributed by atoms with Crippen molar-refractivity contribution in [3.05, 3.63) is 81.8 Å². The number of hydrogen-bond donors (Lipinski definition) is 1. The van der Waals surface area contributed by atoms with Crippen LogP contribution < -0.4 is 5.32 Å². The molecule has 0 radical (unpaired) electrons. The zero-order valence-corrected chi connectivity index (χ0v) is 14.5. The van der Waals surface area contributed by atoms with E-state index in [1.807, 2.05) is 48.5 Å². The summed E-state index contributed by atoms with van der Waals surface area (Å²) in [5, 5.41) is 14.6. The number of benzene rings is 3. The number of halogens is 2. The summed E-state index contributed by atoms with van der Waals surface area (Å²) in [7, 11) is 0. The van der Waals surface area contributed by atoms with E-state index in [0.29, 0.717) is 10.0 Å². The number of fused-ring (bicyclic) bond motifs is 1. The van der Waals surface area contributed by atoms with Crippen molar-refractivity contribution < 1.29 is 4.79 Å². The first-order chi connectivity index (χ1) is 12.1. The van der Waals surface area contributed by atoms with Crippen molar-refractivity contribution in [2.24, 2.45) is 0 Å². The molecule has 0 fully saturated rings. The lowest BCUT2D eigenvalue weighted by molar-refractivity contribution is -0.112. The Bertz CT molecular complexity index is 1010. The standard InChI is InChI=1S/C20H12Cl2N2O/c21-17-9-4-10-18(22)19(17)24-20(25)15(12-23)11-14-7-3-6-13-5-1-2-8-16(13)14/h1-11H,(H,24,25). The molecule has 1 amide bonds. The summed E-state index contributed by atoms with van der Waals surface area (Å²) in [5.41, 5.74) is 1.04. The van der Waals surface area contributed by atoms with E-state index in [4.69, 9.17) is 23.2 Å². The van der Waals surface area contributed by atoms with Crippen molar-refractivity contribution in [2.45, 2.75) is 0 Å². The van der Waals surface area contributed by atoms with Gasteiger partial charge in [-0.1, -0.05) is 71.7 Å². The molecular weight excluding hydrogens is 355 g/mol. The normalized spacial score (nSPS) is 11.2. The van der Waals surface area contributed by atoms with Crippen molar-refractivity contribution >= 4 is 51.6 Å². The van der Waals surface area contributed by atoms with E-state index >= 15 is 0 Å². The van der Waals surface area contributed by atoms with Gasteiger partial charge in [-0.15, -0.1) is 0 Å². The SMILES string of the molecule is N#CC(=Cc1cccc2ccccc12)C(=O)Nc1c(Cl)cccc1Cl. The lowest BCUT2D eigenvalue weighted by atomic mass is 10.0. The average Bonchev–Trinajstić information content (AvgIpc) is 2.62. The van der Waals surface area contributed by atoms with Crippen molar-refractivity contribution in [3.8, 4) is 6.07 Å². The van der Waals surface area contributed by atoms with Crippen LogP contribution in [-0.2, 0) is 4.79 Å². The number of rotatable bonds is 3. The predicted molar refractivity (Wildman–Crippen MR) is 103 cm³/mol. The molecule has 0 aliphatic rings. The van der Waals surface area contributed by atoms with Crippen molar-refractivity contribution in [1.29, 1.82) is 5.26 Å². The maximum atomic E-state index is 12.5. The third-order valence-corrected chi connectivity index (χ3v) is 4.32. The van der Waals surface area contributed by atoms with E-state index in [1.54, 1.807) is 24.3 Å². The number of nitriles is 1. The second-order valence-electron chi connectivity index (χ2n) is 5.29. The number of nitrogens with zero attached hydrogens (tertiary/aromatic N) is 1. The predicted octanol–water partition coefficient (Wildman–Crippen LogP) is 5.69. The number of carbonyl (C=O) groups excluding carboxylic acids is 1. The third kappa shape index (κ3) is 3.66. The van der Waals surface area contributed by atoms with Gasteiger partial charge in [0.2, 0.25) is 0 Å². The van der Waals surface area contributed by atoms with Crippen molar-refractivity contribution in [1.82, 2.24) is 0 Å². The van der Waals surface area contributed by atoms with Crippen LogP contribution in [0.15, 0.2) is 66.2 Å². The van der Waals surface area contributed by atoms with Crippen LogP contribution in [0.3, 0.4) is 0 Å². The van der Waals surface area contributed by atoms with Crippen LogP contribution in [0, 0.1) is 11.3 Å². The van der Waals surface area contributed by atoms with Crippen molar-refractivity contribution in [2.75, 3.05) is 5.32 Å². The van der Waals surface area contributed by atoms with Gasteiger partial charge < -0.3 is 5.32 Å². The number of anilines is 1. The third-order valence-electron chi connectivity index (χ3n) is 3.69. The molecule has 3 rings (SSSR count). The van der Waals surface area contributed by atoms with E-state index in [0.717, 1.165) is 16.3 Å². The summed E-state index contributed by atoms with van der Waals surface area (Å²) in [6.07, 6.45) is 1.56. The topological polar surface area (TPSA) is 52.9 Å². The largest absolute Gasteiger partial charge is 0.319 e. The number of para-hydroxylation sites is 1. The molecule has 5 heteroatoms. The molecule has 0 heterocycles. The average molecular weight is 367 g/mol. The fourth-order valence-electron chi connectivity index (χ4n) is 2.48. The van der Waals surface area contributed by atoms with Crippen LogP contribution in [0.5, 0.6) is 0 Å². The van der Waals surface area contributed by atoms with Crippen LogP contribution in [0.2, 0.25) is 10.0 Å². The quantitative estimate of drug-likeness (QED) is 0.477. The van der Waals surface area contributed by atoms with E-state index in [2.05, 4.69) is 5.32 Å². The Morgan fingerprint density at radius 3 is 2.32 bits per heavy atom. The molecular formula is C20H12Cl2N2O. The summed E-state index contributed by atoms with van der Waals surface area (Å²) < 4.78 is 0. The number of amides is 1. The molecule has 0 atom stereocenters. The van der Waals surface area contributed by atoms with Gasteiger partial charge in [0.1, 0.15) is 11.6 Å². The molecule has 1 N–H and O–H groups in total. The highest BCUT2D eigenvalue weighted by molar-refractivity contribution is 6.40. The Kier molecular flexibility index (Phi) is 5.04. The fraction of sp³-hybridized carbons (Fsp3) is 0. The molecule has 0 aromatic heterocycles. The molecule has 0 bridgehead atoms. The van der Waals surface area contributed by atoms with Crippen LogP contribution in [0.4, 0.5) is 5.69 Å². The van der Waals surface area contributed by atoms with Gasteiger partial charge in [-0.05, 0) is 34.5 Å². The molecule has 0 spiro atoms. The summed E-state index contributed by atoms with van der Waals surface area (Å²) in [5.74, 6) is -0.564. The lowest BCUT2D eigenvalue weighted by Gasteiger charge is -2.09. The Morgan fingerprint density at radius 2 is 1.60 bits per heavy atom. The van der Waals surface area contributed by atoms with E-state index < -0.39 is 5.91 Å². The number of carbonyl (C=O) groups is 1. The smallest absolute Gasteiger partial charge is 0.266 e. The Morgan fingerprint density at radius 1 is 0.960 bits per heavy atom. The first kappa shape index (κ1) is 17.0. The molecule has 122 valence electrons. The summed E-state index contributed by atoms with van der Waals surface area (Å²) in [6, 6.07) is 20.3. The molecule has 3 aromatic carbocycles. The molecule has 0 aliphatic heterocycles. The molecule has 0 saturated heterocycles. The number of nitrogens with one attached hydrogen (secondary N) is 1. The Labute approximate surface area is 155 Å². The van der Waals surface area contributed by atoms with Crippen LogP contribution in [0.25, 0.3) is 16.8 Å². The van der Waals surface area contributed by atoms with E-state index in [9.17, 15) is 10.1 Å². The van der Waals surface area contributed by atoms with E-state index in [1.165, 1.54) is 0 Å². The molecule has 0 saturated carbocycles. The molecule has 3 nitrogen and oxygen atoms in total. The van der Waals surface area contributed by atoms with Gasteiger partial charge in [0.15, 0.2) is 0 Å². The summed E-state index contributed by atoms with van der Waals surface area (Å²) in [4.78, 5) is 12.5. The van der Waals surface area contributed by atoms with Crippen LogP contribution >= 0.6 is 23.2 Å². The minimum Gasteiger partial charge on any atom is -0.319 e. The van der Waals surface area contributed by atoms with Gasteiger partial charge in [-0.3, -0.25) is 4.79 Å². The first-order valence-electron chi connectivity index (χ1n) is 7.45. The van der Waals surface area contributed by atoms with Crippen molar-refractivity contribution in [3.63, 3.8) is 0 Å². The lowest BCUT2D eigenvalue weighted by Crippen LogP contribution is -2.14. The maximum Gasteiger partial charge on any atom is 0.266 e. The minimum absolute atomic E-state index is 0.0349. The minimum atomic E-state index is -0.564. The first-order valence-corrected chi connectivity index (χ1v) is 8.20. The van der Waals surface area contributed by atoms with Gasteiger partial charge in [0.05, 0.1) is 15.7 Å². The molecule has 0 aliphatic carbocycles. The van der Waals surface area contributed by atoms with E-state index in [-0.39, 0.29) is 11.3 Å². The van der Waals surface area contributed by atoms with Gasteiger partial charge >= 0.3 is 0 Å². The zero-order valence-electron chi connectivity index (χ0n) is 13.0. The van der Waals surface area contributed by atoms with Gasteiger partial charge in [0.25, 0.3) is 5.91 Å². The highest BCUT2D eigenvalue weighted by Crippen LogP contribution is 2.30. The second-order valence-corrected chi connectivity index (χ2v) is 6.10. The Balaban J connectivity index is 1.98. The summed E-state index contributed by atoms with van der Waals surface area (Å²) in [6.45, 7) is 0. The number of hydrogen-bond acceptors (Lipinski definition) is 2. The molecule has 0 unspecified atom stereocenters. The monoisotopic (exact) mass is 366 g/mol. The fourth-order valence-corrected chi connectivity index (χ4v) is 2.97. The van der Waals surface area contributed by atoms with Gasteiger partial charge in [-0.2, -0.15) is 5.26 Å². The Hall–Kier alpha value is -2.80. The second kappa shape index (κ2) is 7.40. The van der Waals surface area contributed by atoms with Crippen LogP contribution in [0.1, 0.15) is 5.56 Å². The van der Waals surface area contributed by atoms with Crippen LogP contribution in [-0.4, -0.2) is 5.91 Å². The highest BCUT2D eigenvalue weighted by Gasteiger charge is 2.14. The zero-order chi connectivity index (χ0) is 17.8. The molecule has 25 heavy (non-hydrogen) atoms. The van der Waals surface area contributed by atoms with Gasteiger partial charge in [-0.25, -0.2) is 0 Å². The highest BCUT2D eigenvalue weighted by atomic mass is 35.5. The summed E-state index contributed by atoms with van der Waals surface area (Å²) >= 11 is 12.1. The maximum absolute atomic E-state index is 12.5. The molecule has 3 aromatic rings. The van der Waals surface area contributed by atoms with Gasteiger partial charge in [0, 0.05) is 0 Å².